The quantitative estimate of drug-likeness (QED) is 0.780. The Balaban J connectivity index is 1.40. The molecule has 0 bridgehead atoms. The number of hydrogen-bond acceptors (Lipinski definition) is 5. The van der Waals surface area contributed by atoms with Gasteiger partial charge in [0.05, 0.1) is 22.1 Å². The van der Waals surface area contributed by atoms with Crippen LogP contribution in [0.4, 0.5) is 0 Å². The van der Waals surface area contributed by atoms with Crippen LogP contribution in [0.2, 0.25) is 0 Å². The molecule has 0 saturated carbocycles. The van der Waals surface area contributed by atoms with Crippen molar-refractivity contribution >= 4 is 28.7 Å². The number of hydrogen-bond donors (Lipinski definition) is 0. The molecule has 2 aliphatic heterocycles. The monoisotopic (exact) mass is 380 g/mol. The first kappa shape index (κ1) is 18.0. The zero-order chi connectivity index (χ0) is 18.6. The first-order valence-electron chi connectivity index (χ1n) is 9.62. The summed E-state index contributed by atoms with van der Waals surface area (Å²) in [6.07, 6.45) is 7.00. The Labute approximate surface area is 163 Å². The van der Waals surface area contributed by atoms with Crippen molar-refractivity contribution in [3.05, 3.63) is 41.5 Å². The molecule has 0 saturated heterocycles. The molecule has 1 aromatic heterocycles. The van der Waals surface area contributed by atoms with E-state index in [1.807, 2.05) is 31.3 Å². The summed E-state index contributed by atoms with van der Waals surface area (Å²) in [7, 11) is 0. The third-order valence-electron chi connectivity index (χ3n) is 5.09. The van der Waals surface area contributed by atoms with Crippen LogP contribution in [0, 0.1) is 5.92 Å². The van der Waals surface area contributed by atoms with Gasteiger partial charge in [-0.1, -0.05) is 36.8 Å². The maximum absolute atomic E-state index is 12.9. The van der Waals surface area contributed by atoms with Crippen molar-refractivity contribution in [2.45, 2.75) is 39.0 Å². The molecule has 2 aromatic rings. The third-order valence-corrected chi connectivity index (χ3v) is 6.19. The molecular formula is C21H24N4OS. The summed E-state index contributed by atoms with van der Waals surface area (Å²) >= 11 is 1.68. The number of rotatable bonds is 5. The summed E-state index contributed by atoms with van der Waals surface area (Å²) in [6.45, 7) is 3.36. The highest BCUT2D eigenvalue weighted by molar-refractivity contribution is 7.15. The SMILES string of the molecule is CC1=NN(CCc2ncc(-c3ccccc3)s2)C(=O)[C@@H]1C1=NCCCCC1. The summed E-state index contributed by atoms with van der Waals surface area (Å²) in [5.41, 5.74) is 3.09. The third kappa shape index (κ3) is 4.00. The molecule has 0 N–H and O–H groups in total. The lowest BCUT2D eigenvalue weighted by Crippen LogP contribution is -2.33. The lowest BCUT2D eigenvalue weighted by Gasteiger charge is -2.15. The van der Waals surface area contributed by atoms with Gasteiger partial charge in [0, 0.05) is 24.9 Å². The summed E-state index contributed by atoms with van der Waals surface area (Å²) in [5.74, 6) is -0.160. The Hall–Kier alpha value is -2.34. The maximum atomic E-state index is 12.9. The second-order valence-electron chi connectivity index (χ2n) is 7.05. The van der Waals surface area contributed by atoms with E-state index < -0.39 is 0 Å². The van der Waals surface area contributed by atoms with Crippen LogP contribution in [-0.2, 0) is 11.2 Å². The number of carbonyl (C=O) groups is 1. The van der Waals surface area contributed by atoms with Crippen LogP contribution >= 0.6 is 11.3 Å². The molecule has 0 spiro atoms. The van der Waals surface area contributed by atoms with Crippen molar-refractivity contribution in [3.8, 4) is 10.4 Å². The molecule has 6 heteroatoms. The average Bonchev–Trinajstić information content (AvgIpc) is 3.16. The van der Waals surface area contributed by atoms with Gasteiger partial charge in [0.25, 0.3) is 5.91 Å². The van der Waals surface area contributed by atoms with Crippen LogP contribution < -0.4 is 0 Å². The van der Waals surface area contributed by atoms with Crippen molar-refractivity contribution in [1.29, 1.82) is 0 Å². The first-order valence-corrected chi connectivity index (χ1v) is 10.4. The molecule has 1 aromatic carbocycles. The van der Waals surface area contributed by atoms with Crippen molar-refractivity contribution in [1.82, 2.24) is 9.99 Å². The van der Waals surface area contributed by atoms with Crippen LogP contribution in [-0.4, -0.2) is 40.4 Å². The van der Waals surface area contributed by atoms with E-state index in [4.69, 9.17) is 0 Å². The minimum absolute atomic E-state index is 0.0768. The predicted octanol–water partition coefficient (Wildman–Crippen LogP) is 4.20. The smallest absolute Gasteiger partial charge is 0.257 e. The topological polar surface area (TPSA) is 57.9 Å². The standard InChI is InChI=1S/C21H24N4OS/c1-15-20(17-10-6-3-7-12-22-17)21(26)25(24-15)13-11-19-23-14-18(27-19)16-8-4-2-5-9-16/h2,4-5,8-9,14,20H,3,6-7,10-13H2,1H3/t20-/m0/s1. The zero-order valence-corrected chi connectivity index (χ0v) is 16.4. The van der Waals surface area contributed by atoms with Crippen molar-refractivity contribution in [2.75, 3.05) is 13.1 Å². The largest absolute Gasteiger partial charge is 0.293 e. The number of aliphatic imine (C=N–C) groups is 1. The molecule has 0 fully saturated rings. The van der Waals surface area contributed by atoms with E-state index in [2.05, 4.69) is 27.2 Å². The van der Waals surface area contributed by atoms with Gasteiger partial charge < -0.3 is 0 Å². The second-order valence-corrected chi connectivity index (χ2v) is 8.17. The van der Waals surface area contributed by atoms with Crippen LogP contribution in [0.25, 0.3) is 10.4 Å². The predicted molar refractivity (Wildman–Crippen MR) is 110 cm³/mol. The zero-order valence-electron chi connectivity index (χ0n) is 15.6. The number of amides is 1. The molecule has 27 heavy (non-hydrogen) atoms. The highest BCUT2D eigenvalue weighted by Crippen LogP contribution is 2.27. The molecule has 0 radical (unpaired) electrons. The summed E-state index contributed by atoms with van der Waals surface area (Å²) < 4.78 is 0. The number of benzene rings is 1. The van der Waals surface area contributed by atoms with Gasteiger partial charge in [-0.3, -0.25) is 9.79 Å². The van der Waals surface area contributed by atoms with Crippen molar-refractivity contribution in [3.63, 3.8) is 0 Å². The summed E-state index contributed by atoms with van der Waals surface area (Å²) in [6, 6.07) is 10.3. The molecule has 1 atom stereocenters. The molecule has 1 amide bonds. The van der Waals surface area contributed by atoms with Crippen molar-refractivity contribution < 1.29 is 4.79 Å². The van der Waals surface area contributed by atoms with Gasteiger partial charge >= 0.3 is 0 Å². The van der Waals surface area contributed by atoms with Crippen LogP contribution in [0.5, 0.6) is 0 Å². The van der Waals surface area contributed by atoms with Crippen LogP contribution in [0.3, 0.4) is 0 Å². The number of aromatic nitrogens is 1. The van der Waals surface area contributed by atoms with E-state index in [-0.39, 0.29) is 11.8 Å². The van der Waals surface area contributed by atoms with E-state index >= 15 is 0 Å². The highest BCUT2D eigenvalue weighted by Gasteiger charge is 2.36. The molecule has 0 aliphatic carbocycles. The molecule has 5 nitrogen and oxygen atoms in total. The van der Waals surface area contributed by atoms with E-state index in [0.717, 1.165) is 53.5 Å². The van der Waals surface area contributed by atoms with Gasteiger partial charge in [0.1, 0.15) is 5.92 Å². The Bertz CT molecular complexity index is 871. The molecule has 2 aliphatic rings. The Morgan fingerprint density at radius 3 is 2.89 bits per heavy atom. The Morgan fingerprint density at radius 1 is 1.19 bits per heavy atom. The van der Waals surface area contributed by atoms with Crippen molar-refractivity contribution in [2.24, 2.45) is 16.0 Å². The van der Waals surface area contributed by atoms with Gasteiger partial charge in [0.2, 0.25) is 0 Å². The normalized spacial score (nSPS) is 20.4. The van der Waals surface area contributed by atoms with Crippen LogP contribution in [0.1, 0.15) is 37.6 Å². The van der Waals surface area contributed by atoms with E-state index in [1.165, 1.54) is 12.0 Å². The fourth-order valence-corrected chi connectivity index (χ4v) is 4.58. The number of hydrazone groups is 1. The average molecular weight is 381 g/mol. The first-order chi connectivity index (χ1) is 13.2. The highest BCUT2D eigenvalue weighted by atomic mass is 32.1. The van der Waals surface area contributed by atoms with E-state index in [9.17, 15) is 4.79 Å². The summed E-state index contributed by atoms with van der Waals surface area (Å²) in [5, 5.41) is 7.19. The van der Waals surface area contributed by atoms with Crippen LogP contribution in [0.15, 0.2) is 46.6 Å². The van der Waals surface area contributed by atoms with Gasteiger partial charge in [0.15, 0.2) is 0 Å². The van der Waals surface area contributed by atoms with Gasteiger partial charge in [-0.2, -0.15) is 5.10 Å². The minimum atomic E-state index is -0.237. The number of thiazole rings is 1. The number of nitrogens with zero attached hydrogens (tertiary/aromatic N) is 4. The Morgan fingerprint density at radius 2 is 2.04 bits per heavy atom. The fraction of sp³-hybridized carbons (Fsp3) is 0.429. The minimum Gasteiger partial charge on any atom is -0.293 e. The molecule has 3 heterocycles. The molecule has 140 valence electrons. The van der Waals surface area contributed by atoms with E-state index in [1.54, 1.807) is 16.3 Å². The molecule has 0 unspecified atom stereocenters. The Kier molecular flexibility index (Phi) is 5.43. The second kappa shape index (κ2) is 8.13. The van der Waals surface area contributed by atoms with Gasteiger partial charge in [-0.25, -0.2) is 9.99 Å². The fourth-order valence-electron chi connectivity index (χ4n) is 3.66. The van der Waals surface area contributed by atoms with Gasteiger partial charge in [-0.15, -0.1) is 11.3 Å². The van der Waals surface area contributed by atoms with E-state index in [0.29, 0.717) is 6.54 Å². The molecule has 4 rings (SSSR count). The summed E-state index contributed by atoms with van der Waals surface area (Å²) in [4.78, 5) is 23.2. The maximum Gasteiger partial charge on any atom is 0.257 e. The van der Waals surface area contributed by atoms with Gasteiger partial charge in [-0.05, 0) is 31.7 Å². The molecular weight excluding hydrogens is 356 g/mol. The number of carbonyl (C=O) groups excluding carboxylic acids is 1. The lowest BCUT2D eigenvalue weighted by atomic mass is 9.94. The lowest BCUT2D eigenvalue weighted by molar-refractivity contribution is -0.130.